The molecule has 0 aliphatic carbocycles. The van der Waals surface area contributed by atoms with Gasteiger partial charge in [-0.15, -0.1) is 11.3 Å². The van der Waals surface area contributed by atoms with E-state index in [0.29, 0.717) is 18.8 Å². The van der Waals surface area contributed by atoms with Crippen LogP contribution in [0.4, 0.5) is 0 Å². The standard InChI is InChI=1S/C19H24N6OS/c1-3-25-17(9-14(2)22-25)19(26)24-7-4-5-15(10-24)18-20-6-8-23(18)11-16-12-27-13-21-16/h6,8-9,12-13,15H,3-5,7,10-11H2,1-2H3/t15-/m1/s1. The number of nitrogens with zero attached hydrogens (tertiary/aromatic N) is 6. The first-order valence-corrected chi connectivity index (χ1v) is 10.3. The number of rotatable bonds is 5. The third-order valence-corrected chi connectivity index (χ3v) is 5.69. The van der Waals surface area contributed by atoms with E-state index in [2.05, 4.69) is 25.0 Å². The summed E-state index contributed by atoms with van der Waals surface area (Å²) in [5.41, 5.74) is 4.46. The highest BCUT2D eigenvalue weighted by molar-refractivity contribution is 7.07. The molecule has 4 heterocycles. The normalized spacial score (nSPS) is 17.4. The van der Waals surface area contributed by atoms with Crippen LogP contribution in [0.2, 0.25) is 0 Å². The molecule has 3 aromatic heterocycles. The molecule has 0 bridgehead atoms. The van der Waals surface area contributed by atoms with Gasteiger partial charge in [0.15, 0.2) is 0 Å². The molecule has 7 nitrogen and oxygen atoms in total. The zero-order valence-corrected chi connectivity index (χ0v) is 16.5. The number of piperidine rings is 1. The number of aromatic nitrogens is 5. The van der Waals surface area contributed by atoms with Crippen molar-refractivity contribution in [2.75, 3.05) is 13.1 Å². The largest absolute Gasteiger partial charge is 0.337 e. The molecule has 1 amide bonds. The number of carbonyl (C=O) groups is 1. The van der Waals surface area contributed by atoms with Gasteiger partial charge in [0.2, 0.25) is 0 Å². The van der Waals surface area contributed by atoms with Gasteiger partial charge in [0.25, 0.3) is 5.91 Å². The van der Waals surface area contributed by atoms with E-state index in [9.17, 15) is 4.79 Å². The number of thiazole rings is 1. The summed E-state index contributed by atoms with van der Waals surface area (Å²) in [5.74, 6) is 1.36. The van der Waals surface area contributed by atoms with Gasteiger partial charge < -0.3 is 9.47 Å². The molecule has 1 fully saturated rings. The van der Waals surface area contributed by atoms with Crippen molar-refractivity contribution in [1.29, 1.82) is 0 Å². The number of carbonyl (C=O) groups excluding carboxylic acids is 1. The number of likely N-dealkylation sites (tertiary alicyclic amines) is 1. The van der Waals surface area contributed by atoms with Crippen molar-refractivity contribution in [2.45, 2.75) is 45.7 Å². The number of aryl methyl sites for hydroxylation is 2. The van der Waals surface area contributed by atoms with E-state index in [1.165, 1.54) is 0 Å². The van der Waals surface area contributed by atoms with Crippen molar-refractivity contribution in [3.05, 3.63) is 52.3 Å². The van der Waals surface area contributed by atoms with Crippen LogP contribution in [-0.2, 0) is 13.1 Å². The number of amides is 1. The van der Waals surface area contributed by atoms with E-state index in [1.54, 1.807) is 16.0 Å². The van der Waals surface area contributed by atoms with Crippen LogP contribution in [0.15, 0.2) is 29.4 Å². The minimum atomic E-state index is 0.0692. The van der Waals surface area contributed by atoms with Crippen LogP contribution < -0.4 is 0 Å². The lowest BCUT2D eigenvalue weighted by Crippen LogP contribution is -2.40. The Morgan fingerprint density at radius 3 is 3.04 bits per heavy atom. The molecule has 0 N–H and O–H groups in total. The van der Waals surface area contributed by atoms with Crippen LogP contribution in [0.5, 0.6) is 0 Å². The Morgan fingerprint density at radius 2 is 2.26 bits per heavy atom. The van der Waals surface area contributed by atoms with Gasteiger partial charge in [0.1, 0.15) is 11.5 Å². The Bertz CT molecular complexity index is 913. The summed E-state index contributed by atoms with van der Waals surface area (Å²) in [6.07, 6.45) is 5.88. The van der Waals surface area contributed by atoms with Crippen molar-refractivity contribution in [3.8, 4) is 0 Å². The molecule has 8 heteroatoms. The molecule has 1 aliphatic rings. The van der Waals surface area contributed by atoms with Crippen molar-refractivity contribution < 1.29 is 4.79 Å². The second kappa shape index (κ2) is 7.64. The van der Waals surface area contributed by atoms with Crippen LogP contribution in [-0.4, -0.2) is 48.2 Å². The predicted octanol–water partition coefficient (Wildman–Crippen LogP) is 2.93. The van der Waals surface area contributed by atoms with Crippen LogP contribution in [0.3, 0.4) is 0 Å². The maximum Gasteiger partial charge on any atom is 0.272 e. The molecule has 0 unspecified atom stereocenters. The lowest BCUT2D eigenvalue weighted by Gasteiger charge is -2.32. The quantitative estimate of drug-likeness (QED) is 0.678. The van der Waals surface area contributed by atoms with Crippen LogP contribution in [0.1, 0.15) is 53.4 Å². The molecule has 3 aromatic rings. The Kier molecular flexibility index (Phi) is 5.07. The van der Waals surface area contributed by atoms with Crippen molar-refractivity contribution in [3.63, 3.8) is 0 Å². The monoisotopic (exact) mass is 384 g/mol. The fraction of sp³-hybridized carbons (Fsp3) is 0.474. The Labute approximate surface area is 162 Å². The molecule has 27 heavy (non-hydrogen) atoms. The highest BCUT2D eigenvalue weighted by Gasteiger charge is 2.29. The molecule has 4 rings (SSSR count). The first-order valence-electron chi connectivity index (χ1n) is 9.37. The Morgan fingerprint density at radius 1 is 1.37 bits per heavy atom. The van der Waals surface area contributed by atoms with Gasteiger partial charge in [0, 0.05) is 43.3 Å². The summed E-state index contributed by atoms with van der Waals surface area (Å²) >= 11 is 1.60. The second-order valence-electron chi connectivity index (χ2n) is 6.97. The van der Waals surface area contributed by atoms with Gasteiger partial charge in [0.05, 0.1) is 23.4 Å². The summed E-state index contributed by atoms with van der Waals surface area (Å²) in [7, 11) is 0. The Balaban J connectivity index is 1.52. The second-order valence-corrected chi connectivity index (χ2v) is 7.69. The average molecular weight is 385 g/mol. The molecular formula is C19H24N6OS. The van der Waals surface area contributed by atoms with E-state index in [0.717, 1.165) is 43.1 Å². The molecule has 1 saturated heterocycles. The molecule has 0 saturated carbocycles. The Hall–Kier alpha value is -2.48. The molecule has 0 aromatic carbocycles. The van der Waals surface area contributed by atoms with Gasteiger partial charge in [-0.2, -0.15) is 5.10 Å². The fourth-order valence-corrected chi connectivity index (χ4v) is 4.35. The highest BCUT2D eigenvalue weighted by Crippen LogP contribution is 2.27. The number of imidazole rings is 1. The van der Waals surface area contributed by atoms with Gasteiger partial charge in [-0.3, -0.25) is 9.48 Å². The highest BCUT2D eigenvalue weighted by atomic mass is 32.1. The zero-order valence-electron chi connectivity index (χ0n) is 15.7. The lowest BCUT2D eigenvalue weighted by atomic mass is 9.96. The van der Waals surface area contributed by atoms with Crippen molar-refractivity contribution in [2.24, 2.45) is 0 Å². The third kappa shape index (κ3) is 3.66. The van der Waals surface area contributed by atoms with Gasteiger partial charge in [-0.1, -0.05) is 0 Å². The predicted molar refractivity (Wildman–Crippen MR) is 104 cm³/mol. The van der Waals surface area contributed by atoms with E-state index in [4.69, 9.17) is 0 Å². The SMILES string of the molecule is CCn1nc(C)cc1C(=O)N1CCC[C@@H](c2nccn2Cc2cscn2)C1. The summed E-state index contributed by atoms with van der Waals surface area (Å²) < 4.78 is 3.96. The maximum absolute atomic E-state index is 13.1. The van der Waals surface area contributed by atoms with E-state index >= 15 is 0 Å². The topological polar surface area (TPSA) is 68.8 Å². The first kappa shape index (κ1) is 17.9. The molecule has 1 aliphatic heterocycles. The average Bonchev–Trinajstić information content (AvgIpc) is 3.42. The minimum absolute atomic E-state index is 0.0692. The van der Waals surface area contributed by atoms with Gasteiger partial charge in [-0.25, -0.2) is 9.97 Å². The summed E-state index contributed by atoms with van der Waals surface area (Å²) in [4.78, 5) is 24.0. The van der Waals surface area contributed by atoms with Gasteiger partial charge >= 0.3 is 0 Å². The summed E-state index contributed by atoms with van der Waals surface area (Å²) in [6.45, 7) is 6.85. The van der Waals surface area contributed by atoms with E-state index in [-0.39, 0.29) is 11.8 Å². The fourth-order valence-electron chi connectivity index (χ4n) is 3.80. The number of hydrogen-bond donors (Lipinski definition) is 0. The molecular weight excluding hydrogens is 360 g/mol. The van der Waals surface area contributed by atoms with Crippen LogP contribution in [0, 0.1) is 6.92 Å². The van der Waals surface area contributed by atoms with E-state index < -0.39 is 0 Å². The van der Waals surface area contributed by atoms with Crippen LogP contribution >= 0.6 is 11.3 Å². The minimum Gasteiger partial charge on any atom is -0.337 e. The van der Waals surface area contributed by atoms with Crippen molar-refractivity contribution in [1.82, 2.24) is 29.2 Å². The van der Waals surface area contributed by atoms with Gasteiger partial charge in [-0.05, 0) is 32.8 Å². The maximum atomic E-state index is 13.1. The zero-order chi connectivity index (χ0) is 18.8. The van der Waals surface area contributed by atoms with E-state index in [1.807, 2.05) is 42.7 Å². The number of hydrogen-bond acceptors (Lipinski definition) is 5. The summed E-state index contributed by atoms with van der Waals surface area (Å²) in [6, 6.07) is 1.89. The molecule has 1 atom stereocenters. The molecule has 0 spiro atoms. The molecule has 0 radical (unpaired) electrons. The smallest absolute Gasteiger partial charge is 0.272 e. The molecule has 142 valence electrons. The summed E-state index contributed by atoms with van der Waals surface area (Å²) in [5, 5.41) is 6.48. The first-order chi connectivity index (χ1) is 13.2. The third-order valence-electron chi connectivity index (χ3n) is 5.06. The van der Waals surface area contributed by atoms with Crippen LogP contribution in [0.25, 0.3) is 0 Å². The lowest BCUT2D eigenvalue weighted by molar-refractivity contribution is 0.0691. The van der Waals surface area contributed by atoms with Crippen molar-refractivity contribution >= 4 is 17.2 Å².